The quantitative estimate of drug-likeness (QED) is 0.853. The molecule has 0 radical (unpaired) electrons. The van der Waals surface area contributed by atoms with Crippen LogP contribution < -0.4 is 4.90 Å². The van der Waals surface area contributed by atoms with E-state index in [1.165, 1.54) is 5.56 Å². The molecule has 2 aliphatic heterocycles. The van der Waals surface area contributed by atoms with Gasteiger partial charge in [-0.05, 0) is 49.7 Å². The van der Waals surface area contributed by atoms with E-state index in [-0.39, 0.29) is 17.9 Å². The normalized spacial score (nSPS) is 20.5. The Kier molecular flexibility index (Phi) is 5.22. The van der Waals surface area contributed by atoms with E-state index in [2.05, 4.69) is 13.0 Å². The second-order valence-electron chi connectivity index (χ2n) is 7.18. The molecule has 4 nitrogen and oxygen atoms in total. The first-order chi connectivity index (χ1) is 11.6. The Hall–Kier alpha value is -1.84. The molecule has 3 rings (SSSR count). The Morgan fingerprint density at radius 3 is 2.62 bits per heavy atom. The number of carbonyl (C=O) groups is 2. The Morgan fingerprint density at radius 2 is 1.92 bits per heavy atom. The third-order valence-corrected chi connectivity index (χ3v) is 5.44. The molecule has 2 heterocycles. The number of hydrogen-bond acceptors (Lipinski definition) is 2. The largest absolute Gasteiger partial charge is 0.341 e. The highest BCUT2D eigenvalue weighted by Crippen LogP contribution is 2.30. The number of benzene rings is 1. The summed E-state index contributed by atoms with van der Waals surface area (Å²) < 4.78 is 0. The summed E-state index contributed by atoms with van der Waals surface area (Å²) in [5.41, 5.74) is 2.12. The van der Waals surface area contributed by atoms with Crippen molar-refractivity contribution in [3.8, 4) is 0 Å². The number of piperidine rings is 1. The summed E-state index contributed by atoms with van der Waals surface area (Å²) in [5, 5.41) is 0. The van der Waals surface area contributed by atoms with Gasteiger partial charge in [0.05, 0.1) is 0 Å². The number of fused-ring (bicyclic) bond motifs is 1. The molecule has 1 aromatic carbocycles. The fourth-order valence-corrected chi connectivity index (χ4v) is 3.89. The third-order valence-electron chi connectivity index (χ3n) is 5.44. The van der Waals surface area contributed by atoms with Gasteiger partial charge in [-0.25, -0.2) is 0 Å². The van der Waals surface area contributed by atoms with Crippen LogP contribution in [0.3, 0.4) is 0 Å². The van der Waals surface area contributed by atoms with Crippen LogP contribution in [-0.2, 0) is 16.0 Å². The number of amides is 2. The number of carbonyl (C=O) groups excluding carboxylic acids is 2. The Labute approximate surface area is 144 Å². The van der Waals surface area contributed by atoms with Gasteiger partial charge in [0, 0.05) is 25.2 Å². The number of rotatable bonds is 3. The summed E-state index contributed by atoms with van der Waals surface area (Å²) in [6.07, 6.45) is 5.07. The predicted octanol–water partition coefficient (Wildman–Crippen LogP) is 3.39. The number of anilines is 1. The molecule has 0 N–H and O–H groups in total. The van der Waals surface area contributed by atoms with Crippen LogP contribution in [-0.4, -0.2) is 35.8 Å². The van der Waals surface area contributed by atoms with Gasteiger partial charge in [-0.15, -0.1) is 0 Å². The Bertz CT molecular complexity index is 605. The fraction of sp³-hybridized carbons (Fsp3) is 0.600. The van der Waals surface area contributed by atoms with Gasteiger partial charge in [0.15, 0.2) is 0 Å². The molecule has 1 unspecified atom stereocenters. The van der Waals surface area contributed by atoms with E-state index in [0.717, 1.165) is 44.5 Å². The van der Waals surface area contributed by atoms with Gasteiger partial charge in [-0.1, -0.05) is 32.0 Å². The van der Waals surface area contributed by atoms with Crippen LogP contribution in [0.2, 0.25) is 0 Å². The van der Waals surface area contributed by atoms with Gasteiger partial charge in [-0.3, -0.25) is 14.5 Å². The zero-order chi connectivity index (χ0) is 17.1. The minimum absolute atomic E-state index is 0.0885. The van der Waals surface area contributed by atoms with E-state index in [1.54, 1.807) is 4.90 Å². The van der Waals surface area contributed by atoms with Crippen molar-refractivity contribution in [3.63, 3.8) is 0 Å². The zero-order valence-corrected chi connectivity index (χ0v) is 14.8. The molecule has 1 atom stereocenters. The van der Waals surface area contributed by atoms with Crippen LogP contribution in [0.25, 0.3) is 0 Å². The molecule has 0 saturated carbocycles. The zero-order valence-electron chi connectivity index (χ0n) is 14.8. The molecule has 1 fully saturated rings. The molecule has 130 valence electrons. The van der Waals surface area contributed by atoms with E-state index in [4.69, 9.17) is 0 Å². The minimum Gasteiger partial charge on any atom is -0.341 e. The average molecular weight is 328 g/mol. The maximum atomic E-state index is 13.1. The lowest BCUT2D eigenvalue weighted by Crippen LogP contribution is -2.52. The van der Waals surface area contributed by atoms with Crippen molar-refractivity contribution in [3.05, 3.63) is 29.8 Å². The van der Waals surface area contributed by atoms with Crippen LogP contribution >= 0.6 is 0 Å². The second-order valence-corrected chi connectivity index (χ2v) is 7.18. The van der Waals surface area contributed by atoms with Gasteiger partial charge >= 0.3 is 0 Å². The number of hydrogen-bond donors (Lipinski definition) is 0. The number of nitrogens with zero attached hydrogens (tertiary/aromatic N) is 2. The van der Waals surface area contributed by atoms with Crippen molar-refractivity contribution in [2.24, 2.45) is 5.92 Å². The van der Waals surface area contributed by atoms with E-state index >= 15 is 0 Å². The molecule has 1 saturated heterocycles. The highest BCUT2D eigenvalue weighted by molar-refractivity contribution is 6.01. The summed E-state index contributed by atoms with van der Waals surface area (Å²) in [7, 11) is 0. The van der Waals surface area contributed by atoms with E-state index in [9.17, 15) is 9.59 Å². The summed E-state index contributed by atoms with van der Waals surface area (Å²) in [5.74, 6) is 0.898. The number of aryl methyl sites for hydroxylation is 1. The monoisotopic (exact) mass is 328 g/mol. The van der Waals surface area contributed by atoms with Gasteiger partial charge in [0.1, 0.15) is 6.04 Å². The van der Waals surface area contributed by atoms with Gasteiger partial charge in [0.2, 0.25) is 11.8 Å². The van der Waals surface area contributed by atoms with Crippen LogP contribution in [0, 0.1) is 5.92 Å². The molecule has 1 aromatic rings. The Morgan fingerprint density at radius 1 is 1.21 bits per heavy atom. The summed E-state index contributed by atoms with van der Waals surface area (Å²) in [6.45, 7) is 5.89. The van der Waals surface area contributed by atoms with E-state index < -0.39 is 0 Å². The van der Waals surface area contributed by atoms with Crippen molar-refractivity contribution >= 4 is 17.5 Å². The first-order valence-corrected chi connectivity index (χ1v) is 9.30. The maximum absolute atomic E-state index is 13.1. The number of likely N-dealkylation sites (tertiary alicyclic amines) is 1. The molecule has 0 spiro atoms. The summed E-state index contributed by atoms with van der Waals surface area (Å²) in [6, 6.07) is 7.68. The van der Waals surface area contributed by atoms with Crippen LogP contribution in [0.5, 0.6) is 0 Å². The van der Waals surface area contributed by atoms with Gasteiger partial charge in [0.25, 0.3) is 0 Å². The van der Waals surface area contributed by atoms with Gasteiger partial charge < -0.3 is 4.90 Å². The van der Waals surface area contributed by atoms with Crippen LogP contribution in [0.1, 0.15) is 51.5 Å². The minimum atomic E-state index is -0.370. The molecule has 0 bridgehead atoms. The smallest absolute Gasteiger partial charge is 0.245 e. The maximum Gasteiger partial charge on any atom is 0.245 e. The summed E-state index contributed by atoms with van der Waals surface area (Å²) in [4.78, 5) is 29.7. The van der Waals surface area contributed by atoms with Crippen molar-refractivity contribution < 1.29 is 9.59 Å². The highest BCUT2D eigenvalue weighted by atomic mass is 16.2. The second kappa shape index (κ2) is 7.37. The first-order valence-electron chi connectivity index (χ1n) is 9.30. The first kappa shape index (κ1) is 17.0. The van der Waals surface area contributed by atoms with Gasteiger partial charge in [-0.2, -0.15) is 0 Å². The molecular formula is C20H28N2O2. The van der Waals surface area contributed by atoms with E-state index in [0.29, 0.717) is 18.8 Å². The molecular weight excluding hydrogens is 300 g/mol. The Balaban J connectivity index is 1.88. The molecule has 4 heteroatoms. The third kappa shape index (κ3) is 3.33. The fourth-order valence-electron chi connectivity index (χ4n) is 3.89. The van der Waals surface area contributed by atoms with Crippen molar-refractivity contribution in [1.29, 1.82) is 0 Å². The standard InChI is InChI=1S/C20H28N2O2/c1-3-17(20(24)21-13-11-15(2)12-14-21)22-18-9-5-4-7-16(18)8-6-10-19(22)23/h4-5,7,9,15,17H,3,6,8,10-14H2,1-2H3. The predicted molar refractivity (Wildman–Crippen MR) is 95.9 cm³/mol. The molecule has 2 amide bonds. The average Bonchev–Trinajstić information content (AvgIpc) is 2.75. The van der Waals surface area contributed by atoms with Crippen LogP contribution in [0.15, 0.2) is 24.3 Å². The number of para-hydroxylation sites is 1. The SMILES string of the molecule is CCC(C(=O)N1CCC(C)CC1)N1C(=O)CCCc2ccccc21. The summed E-state index contributed by atoms with van der Waals surface area (Å²) >= 11 is 0. The lowest BCUT2D eigenvalue weighted by molar-refractivity contribution is -0.136. The lowest BCUT2D eigenvalue weighted by Gasteiger charge is -2.37. The highest BCUT2D eigenvalue weighted by Gasteiger charge is 2.35. The van der Waals surface area contributed by atoms with Crippen LogP contribution in [0.4, 0.5) is 5.69 Å². The van der Waals surface area contributed by atoms with Crippen molar-refractivity contribution in [1.82, 2.24) is 4.90 Å². The molecule has 0 aromatic heterocycles. The molecule has 0 aliphatic carbocycles. The molecule has 24 heavy (non-hydrogen) atoms. The van der Waals surface area contributed by atoms with E-state index in [1.807, 2.05) is 30.0 Å². The van der Waals surface area contributed by atoms with Crippen molar-refractivity contribution in [2.45, 2.75) is 58.4 Å². The topological polar surface area (TPSA) is 40.6 Å². The lowest BCUT2D eigenvalue weighted by atomic mass is 9.98. The molecule has 2 aliphatic rings. The van der Waals surface area contributed by atoms with Crippen molar-refractivity contribution in [2.75, 3.05) is 18.0 Å².